The van der Waals surface area contributed by atoms with E-state index in [-0.39, 0.29) is 114 Å². The number of rotatable bonds is 20. The monoisotopic (exact) mass is 820 g/mol. The number of carbonyl (C=O) groups excluding carboxylic acids is 4. The number of ether oxygens (including phenoxy) is 2. The maximum Gasteiger partial charge on any atom is 2.00 e. The first-order chi connectivity index (χ1) is 26.9. The maximum atomic E-state index is 13.0. The van der Waals surface area contributed by atoms with Crippen LogP contribution in [0.1, 0.15) is 89.4 Å². The van der Waals surface area contributed by atoms with Crippen molar-refractivity contribution < 1.29 is 49.3 Å². The van der Waals surface area contributed by atoms with Gasteiger partial charge in [0.15, 0.2) is 0 Å². The Morgan fingerprint density at radius 3 is 1.40 bits per heavy atom. The number of hydrogen-bond donors (Lipinski definition) is 2. The van der Waals surface area contributed by atoms with Gasteiger partial charge >= 0.3 is 37.7 Å². The van der Waals surface area contributed by atoms with Crippen LogP contribution >= 0.6 is 0 Å². The van der Waals surface area contributed by atoms with Gasteiger partial charge in [0.2, 0.25) is 24.6 Å². The van der Waals surface area contributed by atoms with E-state index in [4.69, 9.17) is 9.47 Å². The Kier molecular flexibility index (Phi) is 22.9. The SMILES string of the molecule is CCCC[C@H](CN(O)C=O)C(=O)N1COC[C@H]1C([O-])=N[C@@H](C)c1ccccc1.CCCC[C@H](CN(O)C=O)C(=O)N1COC[C@H]1C([O-])=N[C@@H](C)c1ccccc1.[Ca+2]. The van der Waals surface area contributed by atoms with Crippen molar-refractivity contribution in [2.45, 2.75) is 90.4 Å². The number of carbonyl (C=O) groups is 4. The molecule has 6 atom stereocenters. The molecule has 2 aromatic rings. The second kappa shape index (κ2) is 26.4. The molecule has 17 heteroatoms. The molecule has 308 valence electrons. The van der Waals surface area contributed by atoms with Gasteiger partial charge in [-0.1, -0.05) is 100 Å². The van der Waals surface area contributed by atoms with Crippen LogP contribution in [0.2, 0.25) is 0 Å². The van der Waals surface area contributed by atoms with Gasteiger partial charge in [-0.3, -0.25) is 39.6 Å². The third-order valence-electron chi connectivity index (χ3n) is 9.68. The van der Waals surface area contributed by atoms with Crippen LogP contribution in [-0.2, 0) is 28.7 Å². The molecule has 2 saturated heterocycles. The second-order valence-electron chi connectivity index (χ2n) is 13.9. The first kappa shape index (κ1) is 49.5. The Balaban J connectivity index is 0.000000387. The summed E-state index contributed by atoms with van der Waals surface area (Å²) in [6.07, 6.45) is 4.85. The van der Waals surface area contributed by atoms with Gasteiger partial charge in [0.05, 0.1) is 62.3 Å². The van der Waals surface area contributed by atoms with Crippen LogP contribution in [0, 0.1) is 11.8 Å². The van der Waals surface area contributed by atoms with Crippen molar-refractivity contribution in [1.29, 1.82) is 0 Å². The third-order valence-corrected chi connectivity index (χ3v) is 9.68. The van der Waals surface area contributed by atoms with Crippen molar-refractivity contribution >= 4 is 74.2 Å². The van der Waals surface area contributed by atoms with Gasteiger partial charge in [-0.25, -0.2) is 10.1 Å². The number of benzene rings is 2. The van der Waals surface area contributed by atoms with Gasteiger partial charge in [0.25, 0.3) is 0 Å². The van der Waals surface area contributed by atoms with Crippen molar-refractivity contribution in [3.05, 3.63) is 71.8 Å². The Morgan fingerprint density at radius 1 is 0.737 bits per heavy atom. The molecule has 0 spiro atoms. The zero-order valence-corrected chi connectivity index (χ0v) is 35.6. The molecule has 0 aromatic heterocycles. The van der Waals surface area contributed by atoms with E-state index in [2.05, 4.69) is 9.98 Å². The van der Waals surface area contributed by atoms with E-state index in [0.29, 0.717) is 23.0 Å². The minimum absolute atomic E-state index is 0. The van der Waals surface area contributed by atoms with Gasteiger partial charge in [-0.15, -0.1) is 0 Å². The van der Waals surface area contributed by atoms with E-state index in [9.17, 15) is 39.8 Å². The molecule has 2 aliphatic heterocycles. The number of amides is 4. The zero-order valence-electron chi connectivity index (χ0n) is 33.4. The largest absolute Gasteiger partial charge is 2.00 e. The molecule has 16 nitrogen and oxygen atoms in total. The predicted molar refractivity (Wildman–Crippen MR) is 208 cm³/mol. The molecule has 0 bridgehead atoms. The minimum Gasteiger partial charge on any atom is -0.860 e. The van der Waals surface area contributed by atoms with Crippen molar-refractivity contribution in [3.63, 3.8) is 0 Å². The van der Waals surface area contributed by atoms with Crippen molar-refractivity contribution in [3.8, 4) is 0 Å². The summed E-state index contributed by atoms with van der Waals surface area (Å²) in [6.45, 7) is 7.59. The molecule has 0 saturated carbocycles. The number of hydrogen-bond acceptors (Lipinski definition) is 12. The van der Waals surface area contributed by atoms with Crippen molar-refractivity contribution in [2.75, 3.05) is 39.8 Å². The molecule has 2 N–H and O–H groups in total. The summed E-state index contributed by atoms with van der Waals surface area (Å²) in [4.78, 5) is 58.6. The Morgan fingerprint density at radius 2 is 1.09 bits per heavy atom. The van der Waals surface area contributed by atoms with Crippen LogP contribution in [0.4, 0.5) is 0 Å². The van der Waals surface area contributed by atoms with Crippen LogP contribution in [0.25, 0.3) is 0 Å². The van der Waals surface area contributed by atoms with E-state index in [1.165, 1.54) is 9.80 Å². The first-order valence-electron chi connectivity index (χ1n) is 19.1. The first-order valence-corrected chi connectivity index (χ1v) is 19.1. The number of unbranched alkanes of at least 4 members (excludes halogenated alkanes) is 2. The third kappa shape index (κ3) is 15.6. The van der Waals surface area contributed by atoms with E-state index in [1.807, 2.05) is 88.4 Å². The van der Waals surface area contributed by atoms with Crippen LogP contribution < -0.4 is 10.2 Å². The molecule has 2 aliphatic rings. The molecule has 57 heavy (non-hydrogen) atoms. The standard InChI is InChI=1S/2C20H29N3O5.Ca/c2*1-3-4-8-17(11-22(27)13-24)20(26)23-14-28-12-18(23)19(25)21-15(2)16-9-6-5-7-10-16;/h2*5-7,9-10,13,15,17-18,27H,3-4,8,11-12,14H2,1-2H3,(H,21,25);/q;;+2/p-2/t2*15-,17+,18-;/m00./s1. The quantitative estimate of drug-likeness (QED) is 0.0497. The van der Waals surface area contributed by atoms with Crippen LogP contribution in [0.5, 0.6) is 0 Å². The molecule has 0 aliphatic carbocycles. The fraction of sp³-hybridized carbons (Fsp3) is 0.550. The number of aliphatic imine (C=N–C) groups is 2. The Hall–Kier alpha value is -3.64. The summed E-state index contributed by atoms with van der Waals surface area (Å²) >= 11 is 0. The summed E-state index contributed by atoms with van der Waals surface area (Å²) in [5, 5.41) is 45.4. The summed E-state index contributed by atoms with van der Waals surface area (Å²) in [6, 6.07) is 16.7. The second-order valence-corrected chi connectivity index (χ2v) is 13.9. The molecule has 2 fully saturated rings. The molecule has 0 unspecified atom stereocenters. The van der Waals surface area contributed by atoms with Gasteiger partial charge in [-0.2, -0.15) is 0 Å². The average molecular weight is 821 g/mol. The molecular weight excluding hydrogens is 765 g/mol. The Labute approximate surface area is 365 Å². The normalized spacial score (nSPS) is 19.0. The van der Waals surface area contributed by atoms with Gasteiger partial charge in [0.1, 0.15) is 13.5 Å². The number of hydroxylamine groups is 4. The van der Waals surface area contributed by atoms with E-state index in [0.717, 1.165) is 36.8 Å². The van der Waals surface area contributed by atoms with Crippen molar-refractivity contribution in [1.82, 2.24) is 19.9 Å². The molecule has 2 heterocycles. The van der Waals surface area contributed by atoms with E-state index < -0.39 is 35.7 Å². The summed E-state index contributed by atoms with van der Waals surface area (Å²) in [5.74, 6) is -2.64. The fourth-order valence-electron chi connectivity index (χ4n) is 6.39. The van der Waals surface area contributed by atoms with Crippen LogP contribution in [0.15, 0.2) is 70.6 Å². The van der Waals surface area contributed by atoms with Gasteiger partial charge < -0.3 is 29.5 Å². The molecule has 2 aromatic carbocycles. The summed E-state index contributed by atoms with van der Waals surface area (Å²) in [7, 11) is 0. The topological polar surface area (TPSA) is 211 Å². The minimum atomic E-state index is -0.786. The van der Waals surface area contributed by atoms with Crippen LogP contribution in [0.3, 0.4) is 0 Å². The average Bonchev–Trinajstić information content (AvgIpc) is 3.92. The molecule has 0 radical (unpaired) electrons. The molecular formula is C40H56CaN6O10. The van der Waals surface area contributed by atoms with E-state index >= 15 is 0 Å². The number of nitrogens with zero attached hydrogens (tertiary/aromatic N) is 6. The van der Waals surface area contributed by atoms with Gasteiger partial charge in [0, 0.05) is 0 Å². The predicted octanol–water partition coefficient (Wildman–Crippen LogP) is 2.31. The fourth-order valence-corrected chi connectivity index (χ4v) is 6.39. The van der Waals surface area contributed by atoms with Crippen LogP contribution in [-0.4, -0.2) is 156 Å². The smallest absolute Gasteiger partial charge is 0.860 e. The Bertz CT molecular complexity index is 1460. The maximum absolute atomic E-state index is 13.0. The van der Waals surface area contributed by atoms with Crippen molar-refractivity contribution in [2.24, 2.45) is 21.8 Å². The molecule has 4 amide bonds. The summed E-state index contributed by atoms with van der Waals surface area (Å²) < 4.78 is 10.7. The molecule has 4 rings (SSSR count). The summed E-state index contributed by atoms with van der Waals surface area (Å²) in [5.41, 5.74) is 1.82. The zero-order chi connectivity index (χ0) is 41.0. The van der Waals surface area contributed by atoms with E-state index in [1.54, 1.807) is 0 Å². The van der Waals surface area contributed by atoms with Gasteiger partial charge in [-0.05, 0) is 49.6 Å².